The van der Waals surface area contributed by atoms with Crippen LogP contribution in [-0.2, 0) is 32.6 Å². The molecule has 0 aromatic heterocycles. The Kier molecular flexibility index (Phi) is 9.69. The van der Waals surface area contributed by atoms with E-state index >= 15 is 0 Å². The van der Waals surface area contributed by atoms with Gasteiger partial charge in [-0.15, -0.1) is 0 Å². The number of nitrogens with one attached hydrogen (secondary N) is 1. The summed E-state index contributed by atoms with van der Waals surface area (Å²) in [5.41, 5.74) is 3.81. The summed E-state index contributed by atoms with van der Waals surface area (Å²) in [6.45, 7) is 7.16. The van der Waals surface area contributed by atoms with Gasteiger partial charge in [-0.05, 0) is 56.0 Å². The summed E-state index contributed by atoms with van der Waals surface area (Å²) in [7, 11) is -3.80. The normalized spacial score (nSPS) is 12.2. The number of carbonyl (C=O) groups is 2. The summed E-state index contributed by atoms with van der Waals surface area (Å²) in [5, 5.41) is 2.95. The topological polar surface area (TPSA) is 86.8 Å². The number of amides is 2. The van der Waals surface area contributed by atoms with E-state index in [1.54, 1.807) is 6.07 Å². The first-order chi connectivity index (χ1) is 18.0. The summed E-state index contributed by atoms with van der Waals surface area (Å²) < 4.78 is 27.0. The predicted molar refractivity (Wildman–Crippen MR) is 152 cm³/mol. The van der Waals surface area contributed by atoms with Crippen LogP contribution in [-0.4, -0.2) is 50.0 Å². The Morgan fingerprint density at radius 2 is 1.45 bits per heavy atom. The monoisotopic (exact) mass is 535 g/mol. The van der Waals surface area contributed by atoms with Crippen molar-refractivity contribution in [1.29, 1.82) is 0 Å². The quantitative estimate of drug-likeness (QED) is 0.398. The smallest absolute Gasteiger partial charge is 0.244 e. The number of carbonyl (C=O) groups excluding carboxylic acids is 2. The van der Waals surface area contributed by atoms with E-state index in [0.717, 1.165) is 32.8 Å². The van der Waals surface area contributed by atoms with Crippen LogP contribution in [0, 0.1) is 13.8 Å². The van der Waals surface area contributed by atoms with Crippen LogP contribution < -0.4 is 9.62 Å². The molecule has 202 valence electrons. The zero-order valence-corrected chi connectivity index (χ0v) is 23.5. The number of benzene rings is 3. The average Bonchev–Trinajstić information content (AvgIpc) is 2.86. The van der Waals surface area contributed by atoms with Crippen LogP contribution in [0.5, 0.6) is 0 Å². The Morgan fingerprint density at radius 3 is 2.00 bits per heavy atom. The van der Waals surface area contributed by atoms with Crippen molar-refractivity contribution in [3.8, 4) is 0 Å². The van der Waals surface area contributed by atoms with Gasteiger partial charge in [0.2, 0.25) is 21.8 Å². The van der Waals surface area contributed by atoms with E-state index < -0.39 is 28.5 Å². The molecule has 7 nitrogen and oxygen atoms in total. The number of hydrogen-bond donors (Lipinski definition) is 1. The van der Waals surface area contributed by atoms with Crippen molar-refractivity contribution in [3.05, 3.63) is 101 Å². The van der Waals surface area contributed by atoms with Crippen molar-refractivity contribution in [2.75, 3.05) is 17.1 Å². The second-order valence-electron chi connectivity index (χ2n) is 9.94. The Bertz CT molecular complexity index is 1340. The van der Waals surface area contributed by atoms with Gasteiger partial charge in [0.05, 0.1) is 11.9 Å². The highest BCUT2D eigenvalue weighted by molar-refractivity contribution is 7.92. The van der Waals surface area contributed by atoms with Crippen LogP contribution >= 0.6 is 0 Å². The van der Waals surface area contributed by atoms with Crippen LogP contribution in [0.3, 0.4) is 0 Å². The zero-order valence-electron chi connectivity index (χ0n) is 22.7. The molecule has 0 heterocycles. The van der Waals surface area contributed by atoms with E-state index in [0.29, 0.717) is 12.1 Å². The molecule has 0 spiro atoms. The Labute approximate surface area is 226 Å². The number of anilines is 1. The standard InChI is InChI=1S/C30H37N3O4S/c1-22(2)31-30(35)28(19-25-12-8-6-9-13-25)32(20-26-14-10-7-11-15-26)29(34)21-33(38(5,36)37)27-18-23(3)16-17-24(27)4/h6-18,22,28H,19-21H2,1-5H3,(H,31,35)/t28-/m1/s1. The highest BCUT2D eigenvalue weighted by atomic mass is 32.2. The van der Waals surface area contributed by atoms with E-state index in [1.165, 1.54) is 4.90 Å². The van der Waals surface area contributed by atoms with Crippen LogP contribution in [0.15, 0.2) is 78.9 Å². The van der Waals surface area contributed by atoms with Gasteiger partial charge in [0.1, 0.15) is 12.6 Å². The number of hydrogen-bond acceptors (Lipinski definition) is 4. The van der Waals surface area contributed by atoms with E-state index in [9.17, 15) is 18.0 Å². The molecule has 8 heteroatoms. The molecule has 1 atom stereocenters. The fourth-order valence-electron chi connectivity index (χ4n) is 4.30. The molecular formula is C30H37N3O4S. The maximum Gasteiger partial charge on any atom is 0.244 e. The molecule has 3 aromatic rings. The largest absolute Gasteiger partial charge is 0.352 e. The van der Waals surface area contributed by atoms with E-state index in [1.807, 2.05) is 100 Å². The lowest BCUT2D eigenvalue weighted by Crippen LogP contribution is -2.54. The predicted octanol–water partition coefficient (Wildman–Crippen LogP) is 4.23. The molecule has 0 fully saturated rings. The van der Waals surface area contributed by atoms with Crippen molar-refractivity contribution in [3.63, 3.8) is 0 Å². The average molecular weight is 536 g/mol. The number of sulfonamides is 1. The van der Waals surface area contributed by atoms with Gasteiger partial charge in [0.25, 0.3) is 0 Å². The Hall–Kier alpha value is -3.65. The first-order valence-electron chi connectivity index (χ1n) is 12.7. The van der Waals surface area contributed by atoms with Gasteiger partial charge in [-0.1, -0.05) is 72.8 Å². The van der Waals surface area contributed by atoms with Crippen molar-refractivity contribution in [1.82, 2.24) is 10.2 Å². The minimum Gasteiger partial charge on any atom is -0.352 e. The number of rotatable bonds is 11. The van der Waals surface area contributed by atoms with Gasteiger partial charge in [0, 0.05) is 19.0 Å². The van der Waals surface area contributed by atoms with Crippen LogP contribution in [0.2, 0.25) is 0 Å². The first kappa shape index (κ1) is 28.9. The van der Waals surface area contributed by atoms with Gasteiger partial charge in [-0.3, -0.25) is 13.9 Å². The first-order valence-corrected chi connectivity index (χ1v) is 14.5. The molecule has 0 bridgehead atoms. The fraction of sp³-hybridized carbons (Fsp3) is 0.333. The minimum atomic E-state index is -3.80. The third-order valence-corrected chi connectivity index (χ3v) is 7.34. The molecule has 0 radical (unpaired) electrons. The van der Waals surface area contributed by atoms with Gasteiger partial charge in [0.15, 0.2) is 0 Å². The van der Waals surface area contributed by atoms with E-state index in [-0.39, 0.29) is 18.5 Å². The summed E-state index contributed by atoms with van der Waals surface area (Å²) in [6.07, 6.45) is 1.39. The lowest BCUT2D eigenvalue weighted by molar-refractivity contribution is -0.140. The molecule has 0 saturated heterocycles. The summed E-state index contributed by atoms with van der Waals surface area (Å²) >= 11 is 0. The van der Waals surface area contributed by atoms with Crippen molar-refractivity contribution in [2.24, 2.45) is 0 Å². The molecule has 0 aliphatic carbocycles. The molecule has 1 N–H and O–H groups in total. The van der Waals surface area contributed by atoms with Crippen LogP contribution in [0.1, 0.15) is 36.1 Å². The maximum atomic E-state index is 14.0. The number of nitrogens with zero attached hydrogens (tertiary/aromatic N) is 2. The van der Waals surface area contributed by atoms with Crippen molar-refractivity contribution in [2.45, 2.75) is 52.7 Å². The summed E-state index contributed by atoms with van der Waals surface area (Å²) in [6, 6.07) is 23.4. The van der Waals surface area contributed by atoms with E-state index in [4.69, 9.17) is 0 Å². The highest BCUT2D eigenvalue weighted by Gasteiger charge is 2.33. The molecule has 0 aliphatic rings. The third kappa shape index (κ3) is 7.92. The van der Waals surface area contributed by atoms with Gasteiger partial charge in [-0.25, -0.2) is 8.42 Å². The maximum absolute atomic E-state index is 14.0. The lowest BCUT2D eigenvalue weighted by Gasteiger charge is -2.34. The molecule has 0 aliphatic heterocycles. The van der Waals surface area contributed by atoms with Gasteiger partial charge < -0.3 is 10.2 Å². The number of aryl methyl sites for hydroxylation is 2. The van der Waals surface area contributed by atoms with Crippen molar-refractivity contribution >= 4 is 27.5 Å². The summed E-state index contributed by atoms with van der Waals surface area (Å²) in [4.78, 5) is 29.0. The molecule has 38 heavy (non-hydrogen) atoms. The highest BCUT2D eigenvalue weighted by Crippen LogP contribution is 2.25. The molecule has 3 aromatic carbocycles. The second kappa shape index (κ2) is 12.7. The van der Waals surface area contributed by atoms with Gasteiger partial charge in [-0.2, -0.15) is 0 Å². The van der Waals surface area contributed by atoms with Crippen molar-refractivity contribution < 1.29 is 18.0 Å². The molecule has 3 rings (SSSR count). The molecule has 0 unspecified atom stereocenters. The SMILES string of the molecule is Cc1ccc(C)c(N(CC(=O)N(Cc2ccccc2)[C@H](Cc2ccccc2)C(=O)NC(C)C)S(C)(=O)=O)c1. The summed E-state index contributed by atoms with van der Waals surface area (Å²) in [5.74, 6) is -0.745. The second-order valence-corrected chi connectivity index (χ2v) is 11.8. The minimum absolute atomic E-state index is 0.128. The van der Waals surface area contributed by atoms with Crippen LogP contribution in [0.4, 0.5) is 5.69 Å². The Balaban J connectivity index is 2.06. The van der Waals surface area contributed by atoms with Gasteiger partial charge >= 0.3 is 0 Å². The van der Waals surface area contributed by atoms with Crippen LogP contribution in [0.25, 0.3) is 0 Å². The molecule has 0 saturated carbocycles. The molecular weight excluding hydrogens is 498 g/mol. The fourth-order valence-corrected chi connectivity index (χ4v) is 5.20. The third-order valence-electron chi connectivity index (χ3n) is 6.21. The van der Waals surface area contributed by atoms with E-state index in [2.05, 4.69) is 5.32 Å². The zero-order chi connectivity index (χ0) is 27.9. The lowest BCUT2D eigenvalue weighted by atomic mass is 10.0. The molecule has 2 amide bonds. The Morgan fingerprint density at radius 1 is 0.868 bits per heavy atom.